The third-order valence-corrected chi connectivity index (χ3v) is 7.14. The van der Waals surface area contributed by atoms with Crippen molar-refractivity contribution in [1.29, 1.82) is 5.26 Å². The number of nitrogens with one attached hydrogen (secondary N) is 1. The van der Waals surface area contributed by atoms with Gasteiger partial charge in [0.05, 0.1) is 23.5 Å². The Morgan fingerprint density at radius 3 is 2.39 bits per heavy atom. The van der Waals surface area contributed by atoms with Crippen molar-refractivity contribution in [3.63, 3.8) is 0 Å². The number of nitrogens with zero attached hydrogens (tertiary/aromatic N) is 2. The van der Waals surface area contributed by atoms with Crippen LogP contribution in [0.1, 0.15) is 69.5 Å². The third kappa shape index (κ3) is 3.43. The minimum absolute atomic E-state index is 0.0237. The molecule has 0 bridgehead atoms. The number of hydrogen-bond acceptors (Lipinski definition) is 5. The molecule has 2 saturated heterocycles. The lowest BCUT2D eigenvalue weighted by Crippen LogP contribution is -2.57. The van der Waals surface area contributed by atoms with E-state index in [9.17, 15) is 19.5 Å². The van der Waals surface area contributed by atoms with Gasteiger partial charge in [0.15, 0.2) is 0 Å². The van der Waals surface area contributed by atoms with Gasteiger partial charge >= 0.3 is 5.97 Å². The fraction of sp³-hybridized carbons (Fsp3) is 0.583. The number of likely N-dealkylation sites (tertiary alicyclic amines) is 1. The van der Waals surface area contributed by atoms with Gasteiger partial charge in [-0.1, -0.05) is 45.2 Å². The Morgan fingerprint density at radius 1 is 1.19 bits per heavy atom. The lowest BCUT2D eigenvalue weighted by atomic mass is 9.75. The topological polar surface area (TPSA) is 110 Å². The van der Waals surface area contributed by atoms with Gasteiger partial charge in [-0.15, -0.1) is 0 Å². The van der Waals surface area contributed by atoms with Crippen LogP contribution < -0.4 is 5.32 Å². The smallest absolute Gasteiger partial charge is 0.324 e. The minimum atomic E-state index is -1.49. The average Bonchev–Trinajstić information content (AvgIpc) is 3.23. The van der Waals surface area contributed by atoms with Gasteiger partial charge in [0, 0.05) is 12.1 Å². The third-order valence-electron chi connectivity index (χ3n) is 7.14. The molecule has 3 aliphatic rings. The highest BCUT2D eigenvalue weighted by atomic mass is 16.4. The van der Waals surface area contributed by atoms with Crippen LogP contribution in [0.5, 0.6) is 0 Å². The first-order chi connectivity index (χ1) is 14.8. The molecule has 0 aromatic heterocycles. The molecule has 7 heteroatoms. The SMILES string of the molecule is CC(C)CC1(C(=O)O)NC(c2ccc(C#N)cc2)C2C(=O)N(C3CCCCC3)C(=O)C21. The highest BCUT2D eigenvalue weighted by Gasteiger charge is 2.68. The van der Waals surface area contributed by atoms with Crippen molar-refractivity contribution < 1.29 is 19.5 Å². The van der Waals surface area contributed by atoms with Gasteiger partial charge in [-0.05, 0) is 42.9 Å². The Labute approximate surface area is 182 Å². The lowest BCUT2D eigenvalue weighted by molar-refractivity contribution is -0.153. The number of hydrogen-bond donors (Lipinski definition) is 2. The molecular weight excluding hydrogens is 394 g/mol. The number of rotatable bonds is 5. The fourth-order valence-corrected chi connectivity index (χ4v) is 5.89. The van der Waals surface area contributed by atoms with Crippen LogP contribution in [0.4, 0.5) is 0 Å². The number of carboxylic acid groups (broad SMARTS) is 1. The maximum Gasteiger partial charge on any atom is 0.324 e. The largest absolute Gasteiger partial charge is 0.480 e. The Morgan fingerprint density at radius 2 is 1.84 bits per heavy atom. The first-order valence-corrected chi connectivity index (χ1v) is 11.2. The predicted octanol–water partition coefficient (Wildman–Crippen LogP) is 3.01. The minimum Gasteiger partial charge on any atom is -0.480 e. The predicted molar refractivity (Wildman–Crippen MR) is 113 cm³/mol. The van der Waals surface area contributed by atoms with Crippen LogP contribution in [-0.4, -0.2) is 39.4 Å². The van der Waals surface area contributed by atoms with Crippen molar-refractivity contribution in [2.45, 2.75) is 70.0 Å². The maximum atomic E-state index is 13.6. The molecule has 4 rings (SSSR count). The van der Waals surface area contributed by atoms with Gasteiger partial charge in [0.1, 0.15) is 5.54 Å². The molecule has 2 heterocycles. The molecule has 1 aliphatic carbocycles. The highest BCUT2D eigenvalue weighted by Crippen LogP contribution is 2.52. The van der Waals surface area contributed by atoms with Crippen LogP contribution in [0.25, 0.3) is 0 Å². The summed E-state index contributed by atoms with van der Waals surface area (Å²) in [5.41, 5.74) is -0.275. The van der Waals surface area contributed by atoms with E-state index in [0.717, 1.165) is 37.7 Å². The molecule has 2 amide bonds. The summed E-state index contributed by atoms with van der Waals surface area (Å²) >= 11 is 0. The second-order valence-corrected chi connectivity index (χ2v) is 9.57. The number of imide groups is 1. The Hall–Kier alpha value is -2.72. The summed E-state index contributed by atoms with van der Waals surface area (Å²) in [5, 5.41) is 22.7. The summed E-state index contributed by atoms with van der Waals surface area (Å²) in [5.74, 6) is -3.33. The van der Waals surface area contributed by atoms with Crippen molar-refractivity contribution in [3.8, 4) is 6.07 Å². The molecule has 4 atom stereocenters. The molecule has 0 radical (unpaired) electrons. The summed E-state index contributed by atoms with van der Waals surface area (Å²) in [4.78, 5) is 41.3. The van der Waals surface area contributed by atoms with Crippen molar-refractivity contribution in [2.75, 3.05) is 0 Å². The standard InChI is InChI=1S/C24H29N3O4/c1-14(2)12-24(23(30)31)19-18(20(26-24)16-10-8-15(13-25)9-11-16)21(28)27(22(19)29)17-6-4-3-5-7-17/h8-11,14,17-20,26H,3-7,12H2,1-2H3,(H,30,31). The maximum absolute atomic E-state index is 13.6. The summed E-state index contributed by atoms with van der Waals surface area (Å²) in [6.45, 7) is 3.85. The highest BCUT2D eigenvalue weighted by molar-refractivity contribution is 6.09. The number of amides is 2. The van der Waals surface area contributed by atoms with Crippen LogP contribution in [0.3, 0.4) is 0 Å². The summed E-state index contributed by atoms with van der Waals surface area (Å²) < 4.78 is 0. The number of carboxylic acids is 1. The molecule has 2 N–H and O–H groups in total. The van der Waals surface area contributed by atoms with Crippen molar-refractivity contribution in [3.05, 3.63) is 35.4 Å². The second-order valence-electron chi connectivity index (χ2n) is 9.57. The van der Waals surface area contributed by atoms with E-state index in [1.807, 2.05) is 13.8 Å². The molecule has 164 valence electrons. The molecule has 1 aromatic rings. The molecule has 4 unspecified atom stereocenters. The number of carbonyl (C=O) groups is 3. The monoisotopic (exact) mass is 423 g/mol. The molecule has 1 aromatic carbocycles. The first kappa shape index (κ1) is 21.5. The van der Waals surface area contributed by atoms with Crippen LogP contribution in [-0.2, 0) is 14.4 Å². The number of aliphatic carboxylic acids is 1. The van der Waals surface area contributed by atoms with Gasteiger partial charge in [-0.3, -0.25) is 24.6 Å². The molecule has 2 aliphatic heterocycles. The molecular formula is C24H29N3O4. The molecule has 0 spiro atoms. The summed E-state index contributed by atoms with van der Waals surface area (Å²) in [7, 11) is 0. The second kappa shape index (κ2) is 8.08. The zero-order valence-electron chi connectivity index (χ0n) is 18.0. The van der Waals surface area contributed by atoms with Crippen molar-refractivity contribution in [1.82, 2.24) is 10.2 Å². The van der Waals surface area contributed by atoms with Crippen molar-refractivity contribution in [2.24, 2.45) is 17.8 Å². The van der Waals surface area contributed by atoms with Crippen LogP contribution in [0.15, 0.2) is 24.3 Å². The van der Waals surface area contributed by atoms with E-state index in [0.29, 0.717) is 5.56 Å². The Balaban J connectivity index is 1.79. The van der Waals surface area contributed by atoms with E-state index < -0.39 is 29.4 Å². The Kier molecular flexibility index (Phi) is 5.61. The first-order valence-electron chi connectivity index (χ1n) is 11.2. The van der Waals surface area contributed by atoms with E-state index in [1.165, 1.54) is 4.90 Å². The van der Waals surface area contributed by atoms with Crippen LogP contribution >= 0.6 is 0 Å². The van der Waals surface area contributed by atoms with Crippen LogP contribution in [0, 0.1) is 29.1 Å². The normalized spacial score (nSPS) is 31.2. The Bertz CT molecular complexity index is 929. The van der Waals surface area contributed by atoms with Gasteiger partial charge in [-0.25, -0.2) is 0 Å². The van der Waals surface area contributed by atoms with E-state index in [4.69, 9.17) is 5.26 Å². The van der Waals surface area contributed by atoms with E-state index >= 15 is 0 Å². The zero-order valence-corrected chi connectivity index (χ0v) is 18.0. The summed E-state index contributed by atoms with van der Waals surface area (Å²) in [6.07, 6.45) is 4.89. The molecule has 1 saturated carbocycles. The quantitative estimate of drug-likeness (QED) is 0.705. The van der Waals surface area contributed by atoms with Gasteiger partial charge in [0.25, 0.3) is 0 Å². The summed E-state index contributed by atoms with van der Waals surface area (Å²) in [6, 6.07) is 8.18. The zero-order chi connectivity index (χ0) is 22.3. The number of benzene rings is 1. The fourth-order valence-electron chi connectivity index (χ4n) is 5.89. The van der Waals surface area contributed by atoms with E-state index in [2.05, 4.69) is 11.4 Å². The van der Waals surface area contributed by atoms with E-state index in [1.54, 1.807) is 24.3 Å². The van der Waals surface area contributed by atoms with Crippen molar-refractivity contribution >= 4 is 17.8 Å². The van der Waals surface area contributed by atoms with Crippen LogP contribution in [0.2, 0.25) is 0 Å². The lowest BCUT2D eigenvalue weighted by Gasteiger charge is -2.35. The number of carbonyl (C=O) groups excluding carboxylic acids is 2. The van der Waals surface area contributed by atoms with E-state index in [-0.39, 0.29) is 30.2 Å². The molecule has 31 heavy (non-hydrogen) atoms. The van der Waals surface area contributed by atoms with Gasteiger partial charge < -0.3 is 5.11 Å². The number of nitriles is 1. The average molecular weight is 424 g/mol. The molecule has 3 fully saturated rings. The van der Waals surface area contributed by atoms with Gasteiger partial charge in [0.2, 0.25) is 11.8 Å². The molecule has 7 nitrogen and oxygen atoms in total. The van der Waals surface area contributed by atoms with Gasteiger partial charge in [-0.2, -0.15) is 5.26 Å². The number of fused-ring (bicyclic) bond motifs is 1.